The molecule has 2 aromatic rings. The normalized spacial score (nSPS) is 19.5. The van der Waals surface area contributed by atoms with Crippen molar-refractivity contribution >= 4 is 39.3 Å². The first-order valence-electron chi connectivity index (χ1n) is 8.97. The lowest BCUT2D eigenvalue weighted by Crippen LogP contribution is -2.41. The second-order valence-electron chi connectivity index (χ2n) is 6.84. The van der Waals surface area contributed by atoms with Gasteiger partial charge in [0.25, 0.3) is 11.6 Å². The average molecular weight is 449 g/mol. The largest absolute Gasteiger partial charge is 0.349 e. The van der Waals surface area contributed by atoms with E-state index in [0.717, 1.165) is 28.6 Å². The lowest BCUT2D eigenvalue weighted by molar-refractivity contribution is -0.387. The molecule has 0 aliphatic heterocycles. The van der Waals surface area contributed by atoms with Gasteiger partial charge in [-0.3, -0.25) is 14.9 Å². The van der Waals surface area contributed by atoms with Crippen molar-refractivity contribution in [1.29, 1.82) is 0 Å². The van der Waals surface area contributed by atoms with E-state index in [1.165, 1.54) is 24.2 Å². The van der Waals surface area contributed by atoms with Crippen molar-refractivity contribution in [2.45, 2.75) is 48.4 Å². The monoisotopic (exact) mass is 448 g/mol. The average Bonchev–Trinajstić information content (AvgIpc) is 2.65. The Labute approximate surface area is 171 Å². The number of carbonyl (C=O) groups excluding carboxylic acids is 1. The number of rotatable bonds is 5. The fourth-order valence-electron chi connectivity index (χ4n) is 3.30. The number of nitrogens with one attached hydrogen (secondary N) is 1. The summed E-state index contributed by atoms with van der Waals surface area (Å²) in [7, 11) is 0. The molecule has 1 N–H and O–H groups in total. The second kappa shape index (κ2) is 8.89. The molecule has 2 atom stereocenters. The molecule has 0 bridgehead atoms. The molecule has 0 heterocycles. The molecule has 27 heavy (non-hydrogen) atoms. The Kier molecular flexibility index (Phi) is 6.55. The number of hydrogen-bond donors (Lipinski definition) is 1. The molecule has 7 heteroatoms. The Morgan fingerprint density at radius 1 is 1.19 bits per heavy atom. The molecule has 0 radical (unpaired) electrons. The summed E-state index contributed by atoms with van der Waals surface area (Å²) in [5.41, 5.74) is 0.284. The Bertz CT molecular complexity index is 842. The van der Waals surface area contributed by atoms with Gasteiger partial charge < -0.3 is 5.32 Å². The zero-order chi connectivity index (χ0) is 19.4. The van der Waals surface area contributed by atoms with Gasteiger partial charge >= 0.3 is 0 Å². The molecule has 1 fully saturated rings. The van der Waals surface area contributed by atoms with Crippen LogP contribution in [0.4, 0.5) is 5.69 Å². The highest BCUT2D eigenvalue weighted by atomic mass is 79.9. The lowest BCUT2D eigenvalue weighted by Gasteiger charge is -2.29. The molecule has 0 saturated heterocycles. The van der Waals surface area contributed by atoms with E-state index in [9.17, 15) is 14.9 Å². The Morgan fingerprint density at radius 3 is 2.56 bits per heavy atom. The van der Waals surface area contributed by atoms with E-state index in [1.54, 1.807) is 12.1 Å². The summed E-state index contributed by atoms with van der Waals surface area (Å²) in [6.07, 6.45) is 4.37. The summed E-state index contributed by atoms with van der Waals surface area (Å²) < 4.78 is 0.949. The summed E-state index contributed by atoms with van der Waals surface area (Å²) in [4.78, 5) is 25.1. The molecular formula is C20H21BrN2O3S. The molecule has 1 amide bonds. The van der Waals surface area contributed by atoms with E-state index in [0.29, 0.717) is 16.4 Å². The van der Waals surface area contributed by atoms with Crippen molar-refractivity contribution in [3.05, 3.63) is 62.6 Å². The lowest BCUT2D eigenvalue weighted by atomic mass is 9.86. The molecule has 1 aliphatic rings. The Hall–Kier alpha value is -1.86. The predicted molar refractivity (Wildman–Crippen MR) is 110 cm³/mol. The number of benzene rings is 2. The summed E-state index contributed by atoms with van der Waals surface area (Å²) in [5.74, 6) is 0.196. The van der Waals surface area contributed by atoms with Crippen molar-refractivity contribution in [2.75, 3.05) is 0 Å². The van der Waals surface area contributed by atoms with Gasteiger partial charge in [-0.05, 0) is 55.2 Å². The van der Waals surface area contributed by atoms with Crippen LogP contribution in [-0.4, -0.2) is 16.9 Å². The molecule has 0 unspecified atom stereocenters. The van der Waals surface area contributed by atoms with Crippen molar-refractivity contribution < 1.29 is 9.72 Å². The summed E-state index contributed by atoms with van der Waals surface area (Å²) in [5, 5.41) is 14.6. The van der Waals surface area contributed by atoms with Gasteiger partial charge in [0.15, 0.2) is 0 Å². The van der Waals surface area contributed by atoms with Crippen LogP contribution >= 0.6 is 27.7 Å². The maximum absolute atomic E-state index is 12.6. The maximum atomic E-state index is 12.6. The van der Waals surface area contributed by atoms with Crippen LogP contribution in [0.5, 0.6) is 0 Å². The van der Waals surface area contributed by atoms with Gasteiger partial charge in [-0.25, -0.2) is 0 Å². The standard InChI is InChI=1S/C20H21BrN2O3S/c1-13-4-2-3-5-17(13)22-20(24)14-6-11-19(18(12-14)23(25)26)27-16-9-7-15(21)8-10-16/h6-13,17H,2-5H2,1H3,(H,22,24)/t13-,17+/m0/s1. The predicted octanol–water partition coefficient (Wildman–Crippen LogP) is 5.82. The van der Waals surface area contributed by atoms with E-state index in [-0.39, 0.29) is 17.6 Å². The molecule has 5 nitrogen and oxygen atoms in total. The minimum atomic E-state index is -0.429. The third kappa shape index (κ3) is 5.11. The van der Waals surface area contributed by atoms with Crippen LogP contribution in [-0.2, 0) is 0 Å². The molecule has 1 saturated carbocycles. The van der Waals surface area contributed by atoms with Crippen molar-refractivity contribution in [1.82, 2.24) is 5.32 Å². The molecule has 142 valence electrons. The zero-order valence-electron chi connectivity index (χ0n) is 15.0. The van der Waals surface area contributed by atoms with Gasteiger partial charge in [0, 0.05) is 27.0 Å². The fourth-order valence-corrected chi connectivity index (χ4v) is 4.46. The number of nitro benzene ring substituents is 1. The first kappa shape index (κ1) is 19.9. The van der Waals surface area contributed by atoms with Crippen LogP contribution in [0.3, 0.4) is 0 Å². The SMILES string of the molecule is C[C@H]1CCCC[C@H]1NC(=O)c1ccc(Sc2ccc(Br)cc2)c([N+](=O)[O-])c1. The Balaban J connectivity index is 1.79. The number of hydrogen-bond acceptors (Lipinski definition) is 4. The maximum Gasteiger partial charge on any atom is 0.284 e. The van der Waals surface area contributed by atoms with Crippen LogP contribution in [0.2, 0.25) is 0 Å². The van der Waals surface area contributed by atoms with Gasteiger partial charge in [-0.1, -0.05) is 47.5 Å². The zero-order valence-corrected chi connectivity index (χ0v) is 17.4. The second-order valence-corrected chi connectivity index (χ2v) is 8.87. The molecular weight excluding hydrogens is 428 g/mol. The van der Waals surface area contributed by atoms with Gasteiger partial charge in [0.2, 0.25) is 0 Å². The molecule has 0 spiro atoms. The topological polar surface area (TPSA) is 72.2 Å². The third-order valence-electron chi connectivity index (χ3n) is 4.89. The number of nitrogens with zero attached hydrogens (tertiary/aromatic N) is 1. The summed E-state index contributed by atoms with van der Waals surface area (Å²) >= 11 is 4.69. The van der Waals surface area contributed by atoms with Crippen molar-refractivity contribution in [2.24, 2.45) is 5.92 Å². The van der Waals surface area contributed by atoms with Gasteiger partial charge in [0.05, 0.1) is 9.82 Å². The minimum Gasteiger partial charge on any atom is -0.349 e. The van der Waals surface area contributed by atoms with Gasteiger partial charge in [0.1, 0.15) is 0 Å². The highest BCUT2D eigenvalue weighted by molar-refractivity contribution is 9.10. The van der Waals surface area contributed by atoms with Gasteiger partial charge in [-0.2, -0.15) is 0 Å². The van der Waals surface area contributed by atoms with Crippen molar-refractivity contribution in [3.63, 3.8) is 0 Å². The van der Waals surface area contributed by atoms with E-state index >= 15 is 0 Å². The quantitative estimate of drug-likeness (QED) is 0.462. The molecule has 3 rings (SSSR count). The van der Waals surface area contributed by atoms with E-state index in [4.69, 9.17) is 0 Å². The van der Waals surface area contributed by atoms with Gasteiger partial charge in [-0.15, -0.1) is 0 Å². The van der Waals surface area contributed by atoms with Crippen LogP contribution in [0.25, 0.3) is 0 Å². The molecule has 1 aliphatic carbocycles. The number of halogens is 1. The van der Waals surface area contributed by atoms with Crippen LogP contribution in [0.15, 0.2) is 56.7 Å². The first-order valence-corrected chi connectivity index (χ1v) is 10.6. The Morgan fingerprint density at radius 2 is 1.89 bits per heavy atom. The summed E-state index contributed by atoms with van der Waals surface area (Å²) in [6, 6.07) is 12.4. The first-order chi connectivity index (χ1) is 12.9. The third-order valence-corrected chi connectivity index (χ3v) is 6.49. The number of amides is 1. The summed E-state index contributed by atoms with van der Waals surface area (Å²) in [6.45, 7) is 2.14. The molecule has 2 aromatic carbocycles. The van der Waals surface area contributed by atoms with E-state index in [1.807, 2.05) is 24.3 Å². The minimum absolute atomic E-state index is 0.0488. The molecule has 0 aromatic heterocycles. The van der Waals surface area contributed by atoms with Crippen molar-refractivity contribution in [3.8, 4) is 0 Å². The van der Waals surface area contributed by atoms with Crippen LogP contribution in [0.1, 0.15) is 43.0 Å². The van der Waals surface area contributed by atoms with Crippen LogP contribution in [0, 0.1) is 16.0 Å². The fraction of sp³-hybridized carbons (Fsp3) is 0.350. The highest BCUT2D eigenvalue weighted by Gasteiger charge is 2.24. The smallest absolute Gasteiger partial charge is 0.284 e. The van der Waals surface area contributed by atoms with E-state index < -0.39 is 4.92 Å². The number of nitro groups is 1. The highest BCUT2D eigenvalue weighted by Crippen LogP contribution is 2.36. The number of carbonyl (C=O) groups is 1. The van der Waals surface area contributed by atoms with Crippen LogP contribution < -0.4 is 5.32 Å². The van der Waals surface area contributed by atoms with E-state index in [2.05, 4.69) is 28.2 Å².